The lowest BCUT2D eigenvalue weighted by Gasteiger charge is -2.32. The van der Waals surface area contributed by atoms with E-state index in [1.165, 1.54) is 9.91 Å². The van der Waals surface area contributed by atoms with E-state index in [4.69, 9.17) is 14.7 Å². The van der Waals surface area contributed by atoms with Gasteiger partial charge in [-0.25, -0.2) is 24.8 Å². The first kappa shape index (κ1) is 39.3. The molecule has 12 heteroatoms. The standard InChI is InChI=1S/C25H42N4O6.C13H9NO/c1-8-11-12-13-17-29(27-23(32)35-25(5,6)7)24(33)28-16-14-15-19(28)21(30)26-20(18(4)9-2)22(31)34-10-3;15-14-13-11-7-3-1-5-9(11)10-6-2-4-8-12(10)13/h8-9,18-20H,1-2,10-17H2,3-7H3,(H,26,30)(H,27,32);1-8,15H. The molecule has 270 valence electrons. The minimum absolute atomic E-state index is 0.181. The third-order valence-corrected chi connectivity index (χ3v) is 8.19. The molecule has 1 fully saturated rings. The number of hydrogen-bond donors (Lipinski definition) is 3. The van der Waals surface area contributed by atoms with E-state index in [1.807, 2.05) is 48.5 Å². The first-order valence-electron chi connectivity index (χ1n) is 17.1. The first-order chi connectivity index (χ1) is 23.9. The van der Waals surface area contributed by atoms with Crippen LogP contribution in [0, 0.1) is 5.92 Å². The fourth-order valence-corrected chi connectivity index (χ4v) is 5.72. The van der Waals surface area contributed by atoms with Gasteiger partial charge in [-0.15, -0.1) is 13.2 Å². The number of nitrogens with one attached hydrogen (secondary N) is 2. The average Bonchev–Trinajstić information content (AvgIpc) is 3.71. The SMILES string of the molecule is C=CCCCCN(NC(=O)OC(C)(C)C)C(=O)N1CCCC1C(=O)NC(C(=O)OCC)C(C)C=C.ON=C1c2ccccc2-c2ccccc21. The molecule has 2 aliphatic rings. The quantitative estimate of drug-likeness (QED) is 0.0690. The lowest BCUT2D eigenvalue weighted by atomic mass is 10.0. The van der Waals surface area contributed by atoms with Crippen LogP contribution in [0.25, 0.3) is 11.1 Å². The summed E-state index contributed by atoms with van der Waals surface area (Å²) in [5.41, 5.74) is 6.74. The van der Waals surface area contributed by atoms with Gasteiger partial charge in [-0.05, 0) is 70.9 Å². The van der Waals surface area contributed by atoms with Gasteiger partial charge in [0.05, 0.1) is 6.61 Å². The minimum Gasteiger partial charge on any atom is -0.464 e. The maximum absolute atomic E-state index is 13.4. The van der Waals surface area contributed by atoms with E-state index in [1.54, 1.807) is 46.8 Å². The van der Waals surface area contributed by atoms with Crippen LogP contribution in [-0.4, -0.2) is 82.2 Å². The Balaban J connectivity index is 0.000000366. The Morgan fingerprint density at radius 3 is 2.16 bits per heavy atom. The number of fused-ring (bicyclic) bond motifs is 3. The number of urea groups is 1. The number of carbonyl (C=O) groups is 4. The van der Waals surface area contributed by atoms with Crippen molar-refractivity contribution in [2.24, 2.45) is 11.1 Å². The number of carbonyl (C=O) groups excluding carboxylic acids is 4. The van der Waals surface area contributed by atoms with Gasteiger partial charge in [0.25, 0.3) is 0 Å². The van der Waals surface area contributed by atoms with Crippen molar-refractivity contribution in [2.45, 2.75) is 84.4 Å². The van der Waals surface area contributed by atoms with Crippen molar-refractivity contribution < 1.29 is 33.9 Å². The summed E-state index contributed by atoms with van der Waals surface area (Å²) in [7, 11) is 0. The van der Waals surface area contributed by atoms with Crippen LogP contribution in [0.4, 0.5) is 9.59 Å². The number of rotatable bonds is 11. The number of hydrazine groups is 1. The zero-order valence-electron chi connectivity index (χ0n) is 29.8. The summed E-state index contributed by atoms with van der Waals surface area (Å²) in [4.78, 5) is 52.7. The lowest BCUT2D eigenvalue weighted by Crippen LogP contribution is -2.58. The highest BCUT2D eigenvalue weighted by Gasteiger charge is 2.39. The molecule has 0 aromatic heterocycles. The number of hydrogen-bond acceptors (Lipinski definition) is 8. The van der Waals surface area contributed by atoms with Gasteiger partial charge in [0, 0.05) is 30.1 Å². The second kappa shape index (κ2) is 18.6. The molecule has 3 N–H and O–H groups in total. The average molecular weight is 690 g/mol. The number of oxime groups is 1. The van der Waals surface area contributed by atoms with Crippen molar-refractivity contribution in [3.8, 4) is 11.1 Å². The molecule has 4 rings (SSSR count). The first-order valence-corrected chi connectivity index (χ1v) is 17.1. The van der Waals surface area contributed by atoms with Crippen LogP contribution in [-0.2, 0) is 19.1 Å². The summed E-state index contributed by atoms with van der Waals surface area (Å²) < 4.78 is 10.4. The molecule has 0 bridgehead atoms. The van der Waals surface area contributed by atoms with E-state index in [0.29, 0.717) is 31.5 Å². The Hall–Kier alpha value is -5.13. The van der Waals surface area contributed by atoms with Gasteiger partial charge in [-0.3, -0.25) is 4.79 Å². The van der Waals surface area contributed by atoms with Crippen LogP contribution < -0.4 is 10.7 Å². The van der Waals surface area contributed by atoms with Crippen LogP contribution in [0.2, 0.25) is 0 Å². The predicted octanol–water partition coefficient (Wildman–Crippen LogP) is 6.43. The van der Waals surface area contributed by atoms with E-state index in [9.17, 15) is 19.2 Å². The molecule has 50 heavy (non-hydrogen) atoms. The van der Waals surface area contributed by atoms with Gasteiger partial charge in [0.2, 0.25) is 5.91 Å². The normalized spacial score (nSPS) is 15.6. The van der Waals surface area contributed by atoms with Gasteiger partial charge < -0.3 is 24.9 Å². The Bertz CT molecular complexity index is 1500. The Morgan fingerprint density at radius 1 is 1.04 bits per heavy atom. The maximum atomic E-state index is 13.4. The molecule has 1 aliphatic heterocycles. The third-order valence-electron chi connectivity index (χ3n) is 8.19. The number of nitrogens with zero attached hydrogens (tertiary/aromatic N) is 3. The highest BCUT2D eigenvalue weighted by molar-refractivity contribution is 6.24. The van der Waals surface area contributed by atoms with Crippen LogP contribution in [0.1, 0.15) is 77.8 Å². The second-order valence-corrected chi connectivity index (χ2v) is 13.1. The molecular formula is C38H51N5O7. The van der Waals surface area contributed by atoms with Gasteiger partial charge in [-0.1, -0.05) is 72.8 Å². The number of ether oxygens (including phenoxy) is 2. The molecule has 3 unspecified atom stereocenters. The Labute approximate surface area is 295 Å². The molecule has 1 aliphatic carbocycles. The predicted molar refractivity (Wildman–Crippen MR) is 192 cm³/mol. The fourth-order valence-electron chi connectivity index (χ4n) is 5.72. The zero-order chi connectivity index (χ0) is 36.8. The monoisotopic (exact) mass is 689 g/mol. The van der Waals surface area contributed by atoms with Crippen LogP contribution in [0.5, 0.6) is 0 Å². The lowest BCUT2D eigenvalue weighted by molar-refractivity contribution is -0.148. The van der Waals surface area contributed by atoms with Crippen molar-refractivity contribution >= 4 is 29.7 Å². The molecule has 4 amide bonds. The fraction of sp³-hybridized carbons (Fsp3) is 0.447. The summed E-state index contributed by atoms with van der Waals surface area (Å²) in [6, 6.07) is 13.8. The molecule has 1 heterocycles. The number of esters is 1. The third kappa shape index (κ3) is 10.4. The van der Waals surface area contributed by atoms with Crippen LogP contribution in [0.15, 0.2) is 79.0 Å². The van der Waals surface area contributed by atoms with E-state index in [2.05, 4.69) is 29.1 Å². The summed E-state index contributed by atoms with van der Waals surface area (Å²) in [5, 5.41) is 16.4. The molecule has 3 atom stereocenters. The molecule has 2 aromatic carbocycles. The number of amides is 4. The van der Waals surface area contributed by atoms with E-state index >= 15 is 0 Å². The zero-order valence-corrected chi connectivity index (χ0v) is 29.8. The van der Waals surface area contributed by atoms with Gasteiger partial charge in [-0.2, -0.15) is 0 Å². The van der Waals surface area contributed by atoms with Crippen molar-refractivity contribution in [1.29, 1.82) is 0 Å². The summed E-state index contributed by atoms with van der Waals surface area (Å²) in [5.74, 6) is -1.37. The number of benzene rings is 2. The highest BCUT2D eigenvalue weighted by atomic mass is 16.6. The summed E-state index contributed by atoms with van der Waals surface area (Å²) in [6.07, 6.45) is 5.84. The summed E-state index contributed by atoms with van der Waals surface area (Å²) >= 11 is 0. The van der Waals surface area contributed by atoms with Crippen molar-refractivity contribution in [1.82, 2.24) is 20.7 Å². The van der Waals surface area contributed by atoms with E-state index in [-0.39, 0.29) is 19.1 Å². The molecule has 0 radical (unpaired) electrons. The van der Waals surface area contributed by atoms with Crippen molar-refractivity contribution in [2.75, 3.05) is 19.7 Å². The van der Waals surface area contributed by atoms with Crippen LogP contribution in [0.3, 0.4) is 0 Å². The molecule has 1 saturated heterocycles. The maximum Gasteiger partial charge on any atom is 0.426 e. The molecule has 12 nitrogen and oxygen atoms in total. The van der Waals surface area contributed by atoms with Crippen molar-refractivity contribution in [3.63, 3.8) is 0 Å². The Morgan fingerprint density at radius 2 is 1.64 bits per heavy atom. The van der Waals surface area contributed by atoms with Gasteiger partial charge >= 0.3 is 18.1 Å². The molecule has 0 saturated carbocycles. The minimum atomic E-state index is -0.910. The molecule has 0 spiro atoms. The number of likely N-dealkylation sites (tertiary alicyclic amines) is 1. The van der Waals surface area contributed by atoms with E-state index in [0.717, 1.165) is 35.1 Å². The largest absolute Gasteiger partial charge is 0.464 e. The van der Waals surface area contributed by atoms with E-state index < -0.39 is 41.7 Å². The second-order valence-electron chi connectivity index (χ2n) is 13.1. The number of unbranched alkanes of at least 4 members (excludes halogenated alkanes) is 2. The van der Waals surface area contributed by atoms with Crippen molar-refractivity contribution in [3.05, 3.63) is 85.0 Å². The smallest absolute Gasteiger partial charge is 0.426 e. The number of allylic oxidation sites excluding steroid dienone is 1. The van der Waals surface area contributed by atoms with Gasteiger partial charge in [0.15, 0.2) is 0 Å². The topological polar surface area (TPSA) is 150 Å². The van der Waals surface area contributed by atoms with Gasteiger partial charge in [0.1, 0.15) is 23.4 Å². The molecule has 2 aromatic rings. The highest BCUT2D eigenvalue weighted by Crippen LogP contribution is 2.36. The Kier molecular flexibility index (Phi) is 14.6. The molecular weight excluding hydrogens is 638 g/mol. The summed E-state index contributed by atoms with van der Waals surface area (Å²) in [6.45, 7) is 16.8. The van der Waals surface area contributed by atoms with Crippen LogP contribution >= 0.6 is 0 Å².